The molecule has 1 aromatic carbocycles. The number of nitrogens with one attached hydrogen (secondary N) is 1. The lowest BCUT2D eigenvalue weighted by atomic mass is 9.82. The molecule has 186 valence electrons. The molecule has 5 rings (SSSR count). The molecular formula is C28H34FN3O3. The van der Waals surface area contributed by atoms with Gasteiger partial charge in [0.2, 0.25) is 0 Å². The number of hydrogen-bond donors (Lipinski definition) is 1. The number of pyridine rings is 2. The third-order valence-electron chi connectivity index (χ3n) is 7.41. The SMILES string of the molecule is CC.CCC(C=O)c1cc2n(c(=O)c1COC)Cc1c-2nc2cc(F)c(C)c3c2c1C(NC)CC3. The number of aromatic nitrogens is 2. The molecule has 0 spiro atoms. The molecule has 3 aromatic rings. The second kappa shape index (κ2) is 9.99. The van der Waals surface area contributed by atoms with Crippen molar-refractivity contribution in [2.24, 2.45) is 0 Å². The Kier molecular flexibility index (Phi) is 7.20. The molecule has 0 saturated heterocycles. The van der Waals surface area contributed by atoms with Crippen LogP contribution < -0.4 is 10.9 Å². The first-order valence-electron chi connectivity index (χ1n) is 12.5. The molecule has 0 saturated carbocycles. The van der Waals surface area contributed by atoms with Gasteiger partial charge in [0.25, 0.3) is 5.56 Å². The molecule has 0 amide bonds. The fourth-order valence-electron chi connectivity index (χ4n) is 5.66. The maximum atomic E-state index is 14.8. The number of aldehydes is 1. The summed E-state index contributed by atoms with van der Waals surface area (Å²) in [5.74, 6) is -0.648. The molecule has 0 fully saturated rings. The number of halogens is 1. The minimum Gasteiger partial charge on any atom is -0.380 e. The van der Waals surface area contributed by atoms with Crippen LogP contribution in [0.4, 0.5) is 4.39 Å². The van der Waals surface area contributed by atoms with Crippen LogP contribution in [0.15, 0.2) is 16.9 Å². The van der Waals surface area contributed by atoms with Crippen molar-refractivity contribution in [2.45, 2.75) is 72.1 Å². The van der Waals surface area contributed by atoms with Crippen molar-refractivity contribution in [3.8, 4) is 11.4 Å². The van der Waals surface area contributed by atoms with Crippen LogP contribution in [0.3, 0.4) is 0 Å². The van der Waals surface area contributed by atoms with Crippen LogP contribution in [0.1, 0.15) is 79.0 Å². The van der Waals surface area contributed by atoms with Gasteiger partial charge < -0.3 is 19.4 Å². The van der Waals surface area contributed by atoms with E-state index in [-0.39, 0.29) is 24.0 Å². The average molecular weight is 480 g/mol. The van der Waals surface area contributed by atoms with Crippen molar-refractivity contribution in [1.82, 2.24) is 14.9 Å². The normalized spacial score (nSPS) is 16.4. The first kappa shape index (κ1) is 25.2. The summed E-state index contributed by atoms with van der Waals surface area (Å²) >= 11 is 0. The van der Waals surface area contributed by atoms with Crippen LogP contribution in [0.25, 0.3) is 22.3 Å². The first-order chi connectivity index (χ1) is 16.9. The summed E-state index contributed by atoms with van der Waals surface area (Å²) in [6, 6.07) is 3.53. The molecule has 0 radical (unpaired) electrons. The summed E-state index contributed by atoms with van der Waals surface area (Å²) in [6.07, 6.45) is 3.11. The van der Waals surface area contributed by atoms with Crippen LogP contribution in [-0.2, 0) is 29.1 Å². The second-order valence-corrected chi connectivity index (χ2v) is 9.03. The number of nitrogens with zero attached hydrogens (tertiary/aromatic N) is 2. The lowest BCUT2D eigenvalue weighted by Gasteiger charge is -2.28. The molecule has 2 aromatic heterocycles. The minimum atomic E-state index is -0.395. The topological polar surface area (TPSA) is 73.2 Å². The molecular weight excluding hydrogens is 445 g/mol. The van der Waals surface area contributed by atoms with Crippen LogP contribution in [0.5, 0.6) is 0 Å². The number of ether oxygens (including phenoxy) is 1. The molecule has 6 nitrogen and oxygen atoms in total. The van der Waals surface area contributed by atoms with Gasteiger partial charge in [-0.3, -0.25) is 4.79 Å². The van der Waals surface area contributed by atoms with E-state index in [2.05, 4.69) is 5.32 Å². The highest BCUT2D eigenvalue weighted by molar-refractivity contribution is 5.93. The molecule has 1 N–H and O–H groups in total. The zero-order valence-corrected chi connectivity index (χ0v) is 21.4. The molecule has 2 aliphatic rings. The van der Waals surface area contributed by atoms with Crippen molar-refractivity contribution in [3.05, 3.63) is 61.7 Å². The summed E-state index contributed by atoms with van der Waals surface area (Å²) < 4.78 is 21.8. The fourth-order valence-corrected chi connectivity index (χ4v) is 5.66. The number of aryl methyl sites for hydroxylation is 1. The van der Waals surface area contributed by atoms with E-state index < -0.39 is 5.92 Å². The molecule has 2 unspecified atom stereocenters. The summed E-state index contributed by atoms with van der Waals surface area (Å²) in [7, 11) is 3.48. The van der Waals surface area contributed by atoms with Crippen LogP contribution >= 0.6 is 0 Å². The monoisotopic (exact) mass is 479 g/mol. The standard InChI is InChI=1S/C26H28FN3O3.C2H6/c1-5-14(11-31)16-8-22-25-17(10-30(22)26(32)18(16)12-33-4)24-20(28-3)7-6-15-13(2)19(27)9-21(29-25)23(15)24;1-2/h8-9,11,14,20,28H,5-7,10,12H2,1-4H3;1-2H3. The van der Waals surface area contributed by atoms with E-state index in [1.165, 1.54) is 6.07 Å². The molecule has 1 aliphatic carbocycles. The zero-order chi connectivity index (χ0) is 25.4. The van der Waals surface area contributed by atoms with Gasteiger partial charge in [0.15, 0.2) is 0 Å². The number of carbonyl (C=O) groups excluding carboxylic acids is 1. The molecule has 7 heteroatoms. The van der Waals surface area contributed by atoms with Gasteiger partial charge in [0, 0.05) is 41.6 Å². The number of carbonyl (C=O) groups is 1. The highest BCUT2D eigenvalue weighted by Gasteiger charge is 2.34. The summed E-state index contributed by atoms with van der Waals surface area (Å²) in [5.41, 5.74) is 6.86. The van der Waals surface area contributed by atoms with Gasteiger partial charge in [-0.05, 0) is 61.6 Å². The summed E-state index contributed by atoms with van der Waals surface area (Å²) in [5, 5.41) is 4.42. The molecule has 35 heavy (non-hydrogen) atoms. The van der Waals surface area contributed by atoms with Crippen molar-refractivity contribution in [2.75, 3.05) is 14.2 Å². The number of hydrogen-bond acceptors (Lipinski definition) is 5. The van der Waals surface area contributed by atoms with Gasteiger partial charge in [-0.1, -0.05) is 20.8 Å². The number of methoxy groups -OCH3 is 1. The van der Waals surface area contributed by atoms with Gasteiger partial charge in [-0.2, -0.15) is 0 Å². The fraction of sp³-hybridized carbons (Fsp3) is 0.464. The van der Waals surface area contributed by atoms with Gasteiger partial charge in [-0.25, -0.2) is 9.37 Å². The van der Waals surface area contributed by atoms with Crippen molar-refractivity contribution >= 4 is 17.2 Å². The predicted molar refractivity (Wildman–Crippen MR) is 137 cm³/mol. The first-order valence-corrected chi connectivity index (χ1v) is 12.5. The van der Waals surface area contributed by atoms with Crippen molar-refractivity contribution in [1.29, 1.82) is 0 Å². The van der Waals surface area contributed by atoms with Crippen LogP contribution in [0, 0.1) is 12.7 Å². The quantitative estimate of drug-likeness (QED) is 0.397. The van der Waals surface area contributed by atoms with E-state index in [1.807, 2.05) is 40.8 Å². The van der Waals surface area contributed by atoms with E-state index >= 15 is 0 Å². The van der Waals surface area contributed by atoms with Crippen LogP contribution in [-0.4, -0.2) is 30.0 Å². The van der Waals surface area contributed by atoms with Gasteiger partial charge >= 0.3 is 0 Å². The summed E-state index contributed by atoms with van der Waals surface area (Å²) in [4.78, 5) is 30.3. The Labute approximate surface area is 205 Å². The Hall–Kier alpha value is -2.90. The van der Waals surface area contributed by atoms with Gasteiger partial charge in [-0.15, -0.1) is 0 Å². The van der Waals surface area contributed by atoms with Crippen molar-refractivity contribution < 1.29 is 13.9 Å². The molecule has 0 bridgehead atoms. The lowest BCUT2D eigenvalue weighted by molar-refractivity contribution is -0.109. The lowest BCUT2D eigenvalue weighted by Crippen LogP contribution is -2.27. The summed E-state index contributed by atoms with van der Waals surface area (Å²) in [6.45, 7) is 8.30. The Balaban J connectivity index is 0.00000141. The average Bonchev–Trinajstić information content (AvgIpc) is 3.25. The Morgan fingerprint density at radius 3 is 2.69 bits per heavy atom. The third-order valence-corrected chi connectivity index (χ3v) is 7.41. The van der Waals surface area contributed by atoms with Crippen LogP contribution in [0.2, 0.25) is 0 Å². The van der Waals surface area contributed by atoms with Gasteiger partial charge in [0.05, 0.1) is 30.1 Å². The van der Waals surface area contributed by atoms with E-state index in [4.69, 9.17) is 9.72 Å². The highest BCUT2D eigenvalue weighted by Crippen LogP contribution is 2.44. The number of benzene rings is 1. The highest BCUT2D eigenvalue weighted by atomic mass is 19.1. The Morgan fingerprint density at radius 1 is 1.31 bits per heavy atom. The Morgan fingerprint density at radius 2 is 2.06 bits per heavy atom. The predicted octanol–water partition coefficient (Wildman–Crippen LogP) is 4.94. The second-order valence-electron chi connectivity index (χ2n) is 9.03. The largest absolute Gasteiger partial charge is 0.380 e. The Bertz CT molecular complexity index is 1360. The maximum absolute atomic E-state index is 14.8. The van der Waals surface area contributed by atoms with Crippen molar-refractivity contribution in [3.63, 3.8) is 0 Å². The number of fused-ring (bicyclic) bond motifs is 4. The smallest absolute Gasteiger partial charge is 0.257 e. The number of rotatable bonds is 6. The maximum Gasteiger partial charge on any atom is 0.257 e. The third kappa shape index (κ3) is 3.81. The van der Waals surface area contributed by atoms with Gasteiger partial charge in [0.1, 0.15) is 12.1 Å². The van der Waals surface area contributed by atoms with E-state index in [0.29, 0.717) is 46.6 Å². The molecule has 3 heterocycles. The minimum absolute atomic E-state index is 0.0999. The van der Waals surface area contributed by atoms with E-state index in [1.54, 1.807) is 11.7 Å². The molecule has 1 aliphatic heterocycles. The molecule has 2 atom stereocenters. The van der Waals surface area contributed by atoms with E-state index in [0.717, 1.165) is 41.2 Å². The van der Waals surface area contributed by atoms with E-state index in [9.17, 15) is 14.0 Å². The zero-order valence-electron chi connectivity index (χ0n) is 21.4.